The van der Waals surface area contributed by atoms with Crippen LogP contribution in [0.4, 0.5) is 6.01 Å². The molecule has 1 aromatic heterocycles. The molecular formula is C14H17N3O4. The second-order valence-electron chi connectivity index (χ2n) is 4.31. The largest absolute Gasteiger partial charge is 0.481 e. The van der Waals surface area contributed by atoms with Gasteiger partial charge in [0, 0.05) is 13.5 Å². The number of hydrogen-bond donors (Lipinski definition) is 1. The lowest BCUT2D eigenvalue weighted by Crippen LogP contribution is -2.30. The molecular weight excluding hydrogens is 274 g/mol. The first-order chi connectivity index (χ1) is 10.2. The quantitative estimate of drug-likeness (QED) is 0.835. The highest BCUT2D eigenvalue weighted by atomic mass is 16.5. The molecule has 1 heterocycles. The monoisotopic (exact) mass is 291 g/mol. The Morgan fingerprint density at radius 1 is 1.33 bits per heavy atom. The molecule has 0 radical (unpaired) electrons. The number of nitrogens with one attached hydrogen (secondary N) is 1. The first kappa shape index (κ1) is 15.0. The Morgan fingerprint density at radius 3 is 2.81 bits per heavy atom. The average molecular weight is 291 g/mol. The van der Waals surface area contributed by atoms with Crippen molar-refractivity contribution in [2.24, 2.45) is 0 Å². The van der Waals surface area contributed by atoms with Crippen molar-refractivity contribution in [2.45, 2.75) is 19.4 Å². The van der Waals surface area contributed by atoms with Crippen molar-refractivity contribution >= 4 is 11.9 Å². The summed E-state index contributed by atoms with van der Waals surface area (Å²) >= 11 is 0. The van der Waals surface area contributed by atoms with Crippen LogP contribution in [0.3, 0.4) is 0 Å². The lowest BCUT2D eigenvalue weighted by atomic mass is 10.3. The summed E-state index contributed by atoms with van der Waals surface area (Å²) in [6, 6.07) is 9.14. The van der Waals surface area contributed by atoms with Crippen LogP contribution in [0.2, 0.25) is 0 Å². The predicted molar refractivity (Wildman–Crippen MR) is 75.0 cm³/mol. The zero-order valence-corrected chi connectivity index (χ0v) is 11.9. The zero-order valence-electron chi connectivity index (χ0n) is 11.9. The molecule has 0 saturated heterocycles. The molecule has 0 aliphatic carbocycles. The van der Waals surface area contributed by atoms with Crippen molar-refractivity contribution in [1.29, 1.82) is 0 Å². The first-order valence-corrected chi connectivity index (χ1v) is 6.53. The third-order valence-electron chi connectivity index (χ3n) is 2.64. The fraction of sp³-hybridized carbons (Fsp3) is 0.357. The minimum absolute atomic E-state index is 0.0506. The second kappa shape index (κ2) is 7.39. The van der Waals surface area contributed by atoms with Crippen LogP contribution in [0.25, 0.3) is 0 Å². The molecule has 1 aromatic carbocycles. The summed E-state index contributed by atoms with van der Waals surface area (Å²) in [6.07, 6.45) is -0.183. The van der Waals surface area contributed by atoms with Crippen LogP contribution in [-0.4, -0.2) is 35.9 Å². The smallest absolute Gasteiger partial charge is 0.322 e. The average Bonchev–Trinajstić information content (AvgIpc) is 2.93. The molecule has 2 rings (SSSR count). The van der Waals surface area contributed by atoms with Gasteiger partial charge in [0.05, 0.1) is 6.61 Å². The summed E-state index contributed by atoms with van der Waals surface area (Å²) in [6.45, 7) is 2.12. The number of aromatic nitrogens is 2. The van der Waals surface area contributed by atoms with Crippen LogP contribution >= 0.6 is 0 Å². The Kier molecular flexibility index (Phi) is 5.28. The third kappa shape index (κ3) is 4.57. The van der Waals surface area contributed by atoms with E-state index in [4.69, 9.17) is 13.9 Å². The molecule has 0 aliphatic heterocycles. The molecule has 2 aromatic rings. The molecule has 0 saturated carbocycles. The summed E-state index contributed by atoms with van der Waals surface area (Å²) < 4.78 is 15.7. The number of anilines is 1. The minimum Gasteiger partial charge on any atom is -0.481 e. The number of carbonyl (C=O) groups excluding carboxylic acids is 1. The number of rotatable bonds is 7. The van der Waals surface area contributed by atoms with Gasteiger partial charge < -0.3 is 13.9 Å². The van der Waals surface area contributed by atoms with Crippen molar-refractivity contribution in [1.82, 2.24) is 10.2 Å². The van der Waals surface area contributed by atoms with Gasteiger partial charge in [-0.25, -0.2) is 0 Å². The number of amides is 1. The molecule has 0 unspecified atom stereocenters. The van der Waals surface area contributed by atoms with E-state index >= 15 is 0 Å². The van der Waals surface area contributed by atoms with Gasteiger partial charge in [-0.1, -0.05) is 23.3 Å². The lowest BCUT2D eigenvalue weighted by molar-refractivity contribution is -0.122. The van der Waals surface area contributed by atoms with Crippen molar-refractivity contribution in [3.8, 4) is 5.75 Å². The van der Waals surface area contributed by atoms with Gasteiger partial charge in [-0.3, -0.25) is 10.1 Å². The highest BCUT2D eigenvalue weighted by molar-refractivity contribution is 5.92. The van der Waals surface area contributed by atoms with Crippen LogP contribution in [0.1, 0.15) is 12.8 Å². The van der Waals surface area contributed by atoms with Crippen LogP contribution in [-0.2, 0) is 16.0 Å². The normalized spacial score (nSPS) is 11.9. The van der Waals surface area contributed by atoms with E-state index in [1.54, 1.807) is 26.2 Å². The number of para-hydroxylation sites is 1. The highest BCUT2D eigenvalue weighted by Crippen LogP contribution is 2.12. The molecule has 1 N–H and O–H groups in total. The molecule has 0 fully saturated rings. The molecule has 21 heavy (non-hydrogen) atoms. The molecule has 112 valence electrons. The Hall–Kier alpha value is -2.41. The summed E-state index contributed by atoms with van der Waals surface area (Å²) in [5.41, 5.74) is 0. The fourth-order valence-corrected chi connectivity index (χ4v) is 1.56. The Morgan fingerprint density at radius 2 is 2.10 bits per heavy atom. The summed E-state index contributed by atoms with van der Waals surface area (Å²) in [7, 11) is 1.58. The van der Waals surface area contributed by atoms with Gasteiger partial charge in [-0.15, -0.1) is 5.10 Å². The summed E-state index contributed by atoms with van der Waals surface area (Å²) in [5.74, 6) is 0.663. The number of hydrogen-bond acceptors (Lipinski definition) is 6. The fourth-order valence-electron chi connectivity index (χ4n) is 1.56. The lowest BCUT2D eigenvalue weighted by Gasteiger charge is -2.12. The number of carbonyl (C=O) groups is 1. The minimum atomic E-state index is -0.679. The van der Waals surface area contributed by atoms with Crippen molar-refractivity contribution < 1.29 is 18.7 Å². The molecule has 0 aliphatic rings. The van der Waals surface area contributed by atoms with Crippen molar-refractivity contribution in [2.75, 3.05) is 19.0 Å². The topological polar surface area (TPSA) is 86.5 Å². The van der Waals surface area contributed by atoms with Crippen molar-refractivity contribution in [3.05, 3.63) is 36.2 Å². The molecule has 1 atom stereocenters. The van der Waals surface area contributed by atoms with E-state index in [1.165, 1.54) is 0 Å². The van der Waals surface area contributed by atoms with E-state index in [0.717, 1.165) is 0 Å². The summed E-state index contributed by atoms with van der Waals surface area (Å²) in [5, 5.41) is 10.1. The molecule has 0 bridgehead atoms. The Balaban J connectivity index is 1.87. The van der Waals surface area contributed by atoms with E-state index in [9.17, 15) is 4.79 Å². The SMILES string of the molecule is COCCc1nnc(NC(=O)[C@@H](C)Oc2ccccc2)o1. The van der Waals surface area contributed by atoms with E-state index in [0.29, 0.717) is 24.7 Å². The van der Waals surface area contributed by atoms with Crippen molar-refractivity contribution in [3.63, 3.8) is 0 Å². The van der Waals surface area contributed by atoms with Gasteiger partial charge in [0.2, 0.25) is 5.89 Å². The van der Waals surface area contributed by atoms with Gasteiger partial charge in [0.15, 0.2) is 6.10 Å². The molecule has 1 amide bonds. The maximum Gasteiger partial charge on any atom is 0.322 e. The molecule has 0 spiro atoms. The third-order valence-corrected chi connectivity index (χ3v) is 2.64. The van der Waals surface area contributed by atoms with Crippen LogP contribution < -0.4 is 10.1 Å². The zero-order chi connectivity index (χ0) is 15.1. The number of benzene rings is 1. The Labute approximate surface area is 122 Å². The number of ether oxygens (including phenoxy) is 2. The van der Waals surface area contributed by atoms with Crippen LogP contribution in [0.15, 0.2) is 34.7 Å². The van der Waals surface area contributed by atoms with E-state index in [-0.39, 0.29) is 11.9 Å². The number of nitrogens with zero attached hydrogens (tertiary/aromatic N) is 2. The van der Waals surface area contributed by atoms with Gasteiger partial charge in [-0.2, -0.15) is 0 Å². The van der Waals surface area contributed by atoms with Crippen LogP contribution in [0, 0.1) is 0 Å². The van der Waals surface area contributed by atoms with Gasteiger partial charge in [0.1, 0.15) is 5.75 Å². The standard InChI is InChI=1S/C14H17N3O4/c1-10(20-11-6-4-3-5-7-11)13(18)15-14-17-16-12(21-14)8-9-19-2/h3-7,10H,8-9H2,1-2H3,(H,15,17,18)/t10-/m1/s1. The van der Waals surface area contributed by atoms with Crippen LogP contribution in [0.5, 0.6) is 5.75 Å². The Bertz CT molecular complexity index is 571. The highest BCUT2D eigenvalue weighted by Gasteiger charge is 2.17. The predicted octanol–water partition coefficient (Wildman–Crippen LogP) is 1.66. The van der Waals surface area contributed by atoms with Gasteiger partial charge in [-0.05, 0) is 19.1 Å². The van der Waals surface area contributed by atoms with E-state index < -0.39 is 6.10 Å². The second-order valence-corrected chi connectivity index (χ2v) is 4.31. The maximum atomic E-state index is 12.0. The van der Waals surface area contributed by atoms with Gasteiger partial charge in [0.25, 0.3) is 5.91 Å². The number of methoxy groups -OCH3 is 1. The summed E-state index contributed by atoms with van der Waals surface area (Å²) in [4.78, 5) is 12.0. The molecule has 7 nitrogen and oxygen atoms in total. The van der Waals surface area contributed by atoms with E-state index in [2.05, 4.69) is 15.5 Å². The van der Waals surface area contributed by atoms with E-state index in [1.807, 2.05) is 18.2 Å². The first-order valence-electron chi connectivity index (χ1n) is 6.53. The maximum absolute atomic E-state index is 12.0. The van der Waals surface area contributed by atoms with Gasteiger partial charge >= 0.3 is 6.01 Å². The molecule has 7 heteroatoms.